The number of nitrogens with one attached hydrogen (secondary N) is 1. The maximum atomic E-state index is 10.00. The number of rotatable bonds is 3. The molecule has 20 heavy (non-hydrogen) atoms. The summed E-state index contributed by atoms with van der Waals surface area (Å²) in [6.07, 6.45) is 3.23. The Labute approximate surface area is 120 Å². The van der Waals surface area contributed by atoms with Gasteiger partial charge in [-0.2, -0.15) is 0 Å². The molecule has 0 spiro atoms. The minimum Gasteiger partial charge on any atom is -0.394 e. The minimum atomic E-state index is -0.306. The Morgan fingerprint density at radius 1 is 1.00 bits per heavy atom. The van der Waals surface area contributed by atoms with Gasteiger partial charge in [-0.15, -0.1) is 0 Å². The van der Waals surface area contributed by atoms with Crippen LogP contribution in [-0.4, -0.2) is 11.7 Å². The van der Waals surface area contributed by atoms with Gasteiger partial charge in [-0.3, -0.25) is 5.32 Å². The van der Waals surface area contributed by atoms with Crippen molar-refractivity contribution < 1.29 is 5.11 Å². The van der Waals surface area contributed by atoms with Crippen molar-refractivity contribution in [2.75, 3.05) is 6.61 Å². The summed E-state index contributed by atoms with van der Waals surface area (Å²) in [4.78, 5) is 0. The molecule has 0 aromatic heterocycles. The number of hydrogen-bond acceptors (Lipinski definition) is 2. The van der Waals surface area contributed by atoms with Gasteiger partial charge < -0.3 is 5.11 Å². The Balaban J connectivity index is 1.90. The van der Waals surface area contributed by atoms with E-state index in [1.807, 2.05) is 24.3 Å². The zero-order chi connectivity index (χ0) is 13.8. The van der Waals surface area contributed by atoms with Crippen LogP contribution in [0.4, 0.5) is 0 Å². The SMILES string of the molecule is OCC1(c2ccccc2)CCCC(c2ccccc2)N1. The normalized spacial score (nSPS) is 26.4. The monoisotopic (exact) mass is 267 g/mol. The van der Waals surface area contributed by atoms with E-state index in [2.05, 4.69) is 41.7 Å². The van der Waals surface area contributed by atoms with Crippen LogP contribution in [-0.2, 0) is 5.54 Å². The van der Waals surface area contributed by atoms with Crippen LogP contribution >= 0.6 is 0 Å². The highest BCUT2D eigenvalue weighted by Gasteiger charge is 2.36. The standard InChI is InChI=1S/C18H21NO/c20-14-18(16-10-5-2-6-11-16)13-7-12-17(19-18)15-8-3-1-4-9-15/h1-6,8-11,17,19-20H,7,12-14H2. The van der Waals surface area contributed by atoms with E-state index < -0.39 is 0 Å². The molecule has 0 radical (unpaired) electrons. The maximum Gasteiger partial charge on any atom is 0.0673 e. The number of benzene rings is 2. The van der Waals surface area contributed by atoms with Crippen LogP contribution in [0.2, 0.25) is 0 Å². The summed E-state index contributed by atoms with van der Waals surface area (Å²) in [6.45, 7) is 0.139. The van der Waals surface area contributed by atoms with E-state index in [9.17, 15) is 5.11 Å². The van der Waals surface area contributed by atoms with Crippen molar-refractivity contribution in [3.63, 3.8) is 0 Å². The molecule has 2 atom stereocenters. The van der Waals surface area contributed by atoms with Crippen molar-refractivity contribution in [1.82, 2.24) is 5.32 Å². The van der Waals surface area contributed by atoms with Crippen LogP contribution in [0, 0.1) is 0 Å². The quantitative estimate of drug-likeness (QED) is 0.893. The molecular formula is C18H21NO. The summed E-state index contributed by atoms with van der Waals surface area (Å²) in [7, 11) is 0. The van der Waals surface area contributed by atoms with Crippen LogP contribution in [0.3, 0.4) is 0 Å². The van der Waals surface area contributed by atoms with Gasteiger partial charge in [0, 0.05) is 6.04 Å². The van der Waals surface area contributed by atoms with Gasteiger partial charge in [0.15, 0.2) is 0 Å². The average molecular weight is 267 g/mol. The zero-order valence-corrected chi connectivity index (χ0v) is 11.6. The number of aliphatic hydroxyl groups is 1. The number of aliphatic hydroxyl groups excluding tert-OH is 1. The van der Waals surface area contributed by atoms with E-state index in [-0.39, 0.29) is 12.1 Å². The molecule has 104 valence electrons. The maximum absolute atomic E-state index is 10.00. The summed E-state index contributed by atoms with van der Waals surface area (Å²) in [5.41, 5.74) is 2.18. The van der Waals surface area contributed by atoms with Crippen molar-refractivity contribution in [3.05, 3.63) is 71.8 Å². The van der Waals surface area contributed by atoms with Crippen LogP contribution in [0.5, 0.6) is 0 Å². The first-order chi connectivity index (χ1) is 9.84. The topological polar surface area (TPSA) is 32.3 Å². The molecule has 2 nitrogen and oxygen atoms in total. The Morgan fingerprint density at radius 2 is 1.65 bits per heavy atom. The lowest BCUT2D eigenvalue weighted by Crippen LogP contribution is -2.50. The molecule has 0 saturated carbocycles. The first-order valence-electron chi connectivity index (χ1n) is 7.33. The smallest absolute Gasteiger partial charge is 0.0673 e. The van der Waals surface area contributed by atoms with Gasteiger partial charge in [0.2, 0.25) is 0 Å². The van der Waals surface area contributed by atoms with Gasteiger partial charge in [-0.25, -0.2) is 0 Å². The second kappa shape index (κ2) is 5.78. The second-order valence-corrected chi connectivity index (χ2v) is 5.61. The highest BCUT2D eigenvalue weighted by Crippen LogP contribution is 2.37. The molecule has 1 fully saturated rings. The zero-order valence-electron chi connectivity index (χ0n) is 11.6. The Hall–Kier alpha value is -1.64. The minimum absolute atomic E-state index is 0.139. The van der Waals surface area contributed by atoms with Crippen molar-refractivity contribution in [1.29, 1.82) is 0 Å². The molecule has 2 aromatic carbocycles. The highest BCUT2D eigenvalue weighted by atomic mass is 16.3. The fraction of sp³-hybridized carbons (Fsp3) is 0.333. The fourth-order valence-electron chi connectivity index (χ4n) is 3.22. The molecule has 2 N–H and O–H groups in total. The lowest BCUT2D eigenvalue weighted by atomic mass is 9.79. The molecule has 2 aromatic rings. The number of hydrogen-bond donors (Lipinski definition) is 2. The molecule has 3 rings (SSSR count). The molecule has 0 amide bonds. The Morgan fingerprint density at radius 3 is 2.30 bits per heavy atom. The average Bonchev–Trinajstić information content (AvgIpc) is 2.56. The molecule has 2 heteroatoms. The molecule has 1 aliphatic heterocycles. The van der Waals surface area contributed by atoms with Crippen molar-refractivity contribution in [2.24, 2.45) is 0 Å². The predicted molar refractivity (Wildman–Crippen MR) is 81.4 cm³/mol. The summed E-state index contributed by atoms with van der Waals surface area (Å²) >= 11 is 0. The first kappa shape index (κ1) is 13.3. The van der Waals surface area contributed by atoms with Crippen molar-refractivity contribution in [2.45, 2.75) is 30.8 Å². The van der Waals surface area contributed by atoms with E-state index in [1.165, 1.54) is 11.1 Å². The van der Waals surface area contributed by atoms with Crippen LogP contribution in [0.25, 0.3) is 0 Å². The number of piperidine rings is 1. The molecular weight excluding hydrogens is 246 g/mol. The van der Waals surface area contributed by atoms with Crippen LogP contribution in [0.1, 0.15) is 36.4 Å². The van der Waals surface area contributed by atoms with Gasteiger partial charge >= 0.3 is 0 Å². The van der Waals surface area contributed by atoms with Crippen molar-refractivity contribution in [3.8, 4) is 0 Å². The highest BCUT2D eigenvalue weighted by molar-refractivity contribution is 5.28. The first-order valence-corrected chi connectivity index (χ1v) is 7.33. The van der Waals surface area contributed by atoms with E-state index >= 15 is 0 Å². The lowest BCUT2D eigenvalue weighted by molar-refractivity contribution is 0.109. The molecule has 1 heterocycles. The molecule has 0 bridgehead atoms. The third kappa shape index (κ3) is 2.49. The van der Waals surface area contributed by atoms with Gasteiger partial charge in [0.25, 0.3) is 0 Å². The predicted octanol–water partition coefficient (Wildman–Crippen LogP) is 3.39. The largest absolute Gasteiger partial charge is 0.394 e. The van der Waals surface area contributed by atoms with E-state index in [0.717, 1.165) is 19.3 Å². The van der Waals surface area contributed by atoms with Crippen molar-refractivity contribution >= 4 is 0 Å². The molecule has 1 saturated heterocycles. The summed E-state index contributed by atoms with van der Waals surface area (Å²) in [5.74, 6) is 0. The Bertz CT molecular complexity index is 540. The molecule has 2 unspecified atom stereocenters. The van der Waals surface area contributed by atoms with E-state index in [1.54, 1.807) is 0 Å². The van der Waals surface area contributed by atoms with E-state index in [4.69, 9.17) is 0 Å². The van der Waals surface area contributed by atoms with E-state index in [0.29, 0.717) is 6.04 Å². The molecule has 1 aliphatic rings. The van der Waals surface area contributed by atoms with Gasteiger partial charge in [-0.1, -0.05) is 60.7 Å². The third-order valence-electron chi connectivity index (χ3n) is 4.35. The third-order valence-corrected chi connectivity index (χ3v) is 4.35. The fourth-order valence-corrected chi connectivity index (χ4v) is 3.22. The van der Waals surface area contributed by atoms with Crippen LogP contribution in [0.15, 0.2) is 60.7 Å². The van der Waals surface area contributed by atoms with Crippen LogP contribution < -0.4 is 5.32 Å². The second-order valence-electron chi connectivity index (χ2n) is 5.61. The summed E-state index contributed by atoms with van der Waals surface area (Å²) in [5, 5.41) is 13.7. The Kier molecular flexibility index (Phi) is 3.86. The van der Waals surface area contributed by atoms with Gasteiger partial charge in [0.05, 0.1) is 12.1 Å². The summed E-state index contributed by atoms with van der Waals surface area (Å²) in [6, 6.07) is 21.2. The summed E-state index contributed by atoms with van der Waals surface area (Å²) < 4.78 is 0. The van der Waals surface area contributed by atoms with Gasteiger partial charge in [0.1, 0.15) is 0 Å². The lowest BCUT2D eigenvalue weighted by Gasteiger charge is -2.42. The molecule has 0 aliphatic carbocycles. The van der Waals surface area contributed by atoms with Gasteiger partial charge in [-0.05, 0) is 30.4 Å².